The summed E-state index contributed by atoms with van der Waals surface area (Å²) in [7, 11) is -3.50. The summed E-state index contributed by atoms with van der Waals surface area (Å²) in [6.45, 7) is 2.36. The van der Waals surface area contributed by atoms with Crippen molar-refractivity contribution < 1.29 is 8.42 Å². The van der Waals surface area contributed by atoms with E-state index in [1.54, 1.807) is 22.5 Å². The molecule has 0 spiro atoms. The molecule has 0 atom stereocenters. The summed E-state index contributed by atoms with van der Waals surface area (Å²) in [5.41, 5.74) is 0. The normalized spacial score (nSPS) is 17.3. The fourth-order valence-corrected chi connectivity index (χ4v) is 5.33. The zero-order chi connectivity index (χ0) is 14.0. The highest BCUT2D eigenvalue weighted by Crippen LogP contribution is 2.32. The minimum absolute atomic E-state index is 0.120. The van der Waals surface area contributed by atoms with E-state index in [0.29, 0.717) is 6.54 Å². The zero-order valence-electron chi connectivity index (χ0n) is 10.8. The van der Waals surface area contributed by atoms with E-state index in [4.69, 9.17) is 11.6 Å². The maximum Gasteiger partial charge on any atom is 0.244 e. The topological polar surface area (TPSA) is 37.4 Å². The van der Waals surface area contributed by atoms with E-state index in [9.17, 15) is 8.42 Å². The van der Waals surface area contributed by atoms with Crippen LogP contribution in [0.2, 0.25) is 5.02 Å². The van der Waals surface area contributed by atoms with Crippen molar-refractivity contribution in [2.24, 2.45) is 0 Å². The molecule has 6 heteroatoms. The number of rotatable bonds is 4. The Balaban J connectivity index is 2.39. The van der Waals surface area contributed by atoms with Crippen LogP contribution >= 0.6 is 27.5 Å². The second-order valence-electron chi connectivity index (χ2n) is 4.72. The fraction of sp³-hybridized carbons (Fsp3) is 0.538. The summed E-state index contributed by atoms with van der Waals surface area (Å²) in [5, 5.41) is 0.269. The SMILES string of the molecule is CCN(C1CCCC1)S(=O)(=O)c1ccc(Br)cc1Cl. The second kappa shape index (κ2) is 6.12. The van der Waals surface area contributed by atoms with Crippen molar-refractivity contribution in [3.8, 4) is 0 Å². The highest BCUT2D eigenvalue weighted by Gasteiger charge is 2.33. The van der Waals surface area contributed by atoms with Gasteiger partial charge in [-0.15, -0.1) is 0 Å². The third kappa shape index (κ3) is 3.15. The molecule has 0 aliphatic heterocycles. The molecule has 1 saturated carbocycles. The monoisotopic (exact) mass is 365 g/mol. The minimum Gasteiger partial charge on any atom is -0.207 e. The van der Waals surface area contributed by atoms with Crippen molar-refractivity contribution in [3.63, 3.8) is 0 Å². The summed E-state index contributed by atoms with van der Waals surface area (Å²) >= 11 is 9.38. The lowest BCUT2D eigenvalue weighted by molar-refractivity contribution is 0.335. The standard InChI is InChI=1S/C13H17BrClNO2S/c1-2-16(11-5-3-4-6-11)19(17,18)13-8-7-10(14)9-12(13)15/h7-9,11H,2-6H2,1H3. The number of hydrogen-bond donors (Lipinski definition) is 0. The molecule has 0 heterocycles. The van der Waals surface area contributed by atoms with E-state index >= 15 is 0 Å². The molecule has 0 radical (unpaired) electrons. The van der Waals surface area contributed by atoms with Gasteiger partial charge in [0.05, 0.1) is 5.02 Å². The van der Waals surface area contributed by atoms with Crippen LogP contribution < -0.4 is 0 Å². The first-order chi connectivity index (χ1) is 8.96. The van der Waals surface area contributed by atoms with Gasteiger partial charge in [0.2, 0.25) is 10.0 Å². The summed E-state index contributed by atoms with van der Waals surface area (Å²) < 4.78 is 27.8. The number of benzene rings is 1. The fourth-order valence-electron chi connectivity index (χ4n) is 2.63. The molecule has 1 aromatic carbocycles. The van der Waals surface area contributed by atoms with Crippen molar-refractivity contribution in [1.82, 2.24) is 4.31 Å². The van der Waals surface area contributed by atoms with Crippen molar-refractivity contribution in [2.45, 2.75) is 43.5 Å². The van der Waals surface area contributed by atoms with Crippen molar-refractivity contribution in [1.29, 1.82) is 0 Å². The lowest BCUT2D eigenvalue weighted by Crippen LogP contribution is -2.38. The number of nitrogens with zero attached hydrogens (tertiary/aromatic N) is 1. The number of sulfonamides is 1. The van der Waals surface area contributed by atoms with Crippen LogP contribution in [0.5, 0.6) is 0 Å². The molecular formula is C13H17BrClNO2S. The Bertz CT molecular complexity index is 556. The Labute approximate surface area is 128 Å². The summed E-state index contributed by atoms with van der Waals surface area (Å²) in [6, 6.07) is 5.02. The number of hydrogen-bond acceptors (Lipinski definition) is 2. The van der Waals surface area contributed by atoms with Crippen molar-refractivity contribution in [3.05, 3.63) is 27.7 Å². The zero-order valence-corrected chi connectivity index (χ0v) is 13.9. The van der Waals surface area contributed by atoms with Crippen LogP contribution in [-0.4, -0.2) is 25.3 Å². The molecule has 0 unspecified atom stereocenters. The predicted octanol–water partition coefficient (Wildman–Crippen LogP) is 4.06. The minimum atomic E-state index is -3.50. The Morgan fingerprint density at radius 2 is 2.00 bits per heavy atom. The third-order valence-electron chi connectivity index (χ3n) is 3.52. The summed E-state index contributed by atoms with van der Waals surface area (Å²) in [6.07, 6.45) is 4.10. The number of halogens is 2. The molecule has 1 aromatic rings. The molecule has 106 valence electrons. The molecular weight excluding hydrogens is 350 g/mol. The average molecular weight is 367 g/mol. The summed E-state index contributed by atoms with van der Waals surface area (Å²) in [5.74, 6) is 0. The molecule has 0 saturated heterocycles. The van der Waals surface area contributed by atoms with E-state index in [2.05, 4.69) is 15.9 Å². The Morgan fingerprint density at radius 3 is 2.53 bits per heavy atom. The average Bonchev–Trinajstić information content (AvgIpc) is 2.82. The van der Waals surface area contributed by atoms with E-state index in [-0.39, 0.29) is 16.0 Å². The quantitative estimate of drug-likeness (QED) is 0.806. The Morgan fingerprint density at radius 1 is 1.37 bits per heavy atom. The molecule has 1 aliphatic carbocycles. The van der Waals surface area contributed by atoms with Crippen LogP contribution in [0.1, 0.15) is 32.6 Å². The molecule has 0 aromatic heterocycles. The molecule has 0 bridgehead atoms. The van der Waals surface area contributed by atoms with E-state index in [1.807, 2.05) is 6.92 Å². The molecule has 2 rings (SSSR count). The van der Waals surface area contributed by atoms with E-state index in [1.165, 1.54) is 0 Å². The first-order valence-electron chi connectivity index (χ1n) is 6.43. The van der Waals surface area contributed by atoms with Crippen LogP contribution in [0.15, 0.2) is 27.6 Å². The van der Waals surface area contributed by atoms with Gasteiger partial charge in [-0.25, -0.2) is 8.42 Å². The van der Waals surface area contributed by atoms with E-state index in [0.717, 1.165) is 30.2 Å². The molecule has 1 aliphatic rings. The lowest BCUT2D eigenvalue weighted by Gasteiger charge is -2.27. The van der Waals surface area contributed by atoms with Gasteiger partial charge in [-0.05, 0) is 31.0 Å². The van der Waals surface area contributed by atoms with Crippen LogP contribution in [0.4, 0.5) is 0 Å². The Kier molecular flexibility index (Phi) is 4.93. The highest BCUT2D eigenvalue weighted by molar-refractivity contribution is 9.10. The molecule has 3 nitrogen and oxygen atoms in total. The van der Waals surface area contributed by atoms with Gasteiger partial charge in [0, 0.05) is 17.1 Å². The summed E-state index contributed by atoms with van der Waals surface area (Å²) in [4.78, 5) is 0.200. The van der Waals surface area contributed by atoms with Gasteiger partial charge < -0.3 is 0 Å². The van der Waals surface area contributed by atoms with Gasteiger partial charge in [0.25, 0.3) is 0 Å². The second-order valence-corrected chi connectivity index (χ2v) is 7.90. The maximum atomic E-state index is 12.7. The highest BCUT2D eigenvalue weighted by atomic mass is 79.9. The van der Waals surface area contributed by atoms with Crippen LogP contribution in [0.25, 0.3) is 0 Å². The van der Waals surface area contributed by atoms with Crippen LogP contribution in [0, 0.1) is 0 Å². The first-order valence-corrected chi connectivity index (χ1v) is 9.05. The molecule has 19 heavy (non-hydrogen) atoms. The third-order valence-corrected chi connectivity index (χ3v) is 6.53. The van der Waals surface area contributed by atoms with Crippen molar-refractivity contribution >= 4 is 37.6 Å². The molecule has 0 amide bonds. The lowest BCUT2D eigenvalue weighted by atomic mass is 10.2. The molecule has 1 fully saturated rings. The predicted molar refractivity (Wildman–Crippen MR) is 81.0 cm³/mol. The van der Waals surface area contributed by atoms with Crippen LogP contribution in [-0.2, 0) is 10.0 Å². The van der Waals surface area contributed by atoms with Crippen molar-refractivity contribution in [2.75, 3.05) is 6.54 Å². The van der Waals surface area contributed by atoms with Gasteiger partial charge in [-0.3, -0.25) is 0 Å². The van der Waals surface area contributed by atoms with E-state index < -0.39 is 10.0 Å². The van der Waals surface area contributed by atoms with Gasteiger partial charge in [-0.1, -0.05) is 47.3 Å². The van der Waals surface area contributed by atoms with Crippen LogP contribution in [0.3, 0.4) is 0 Å². The largest absolute Gasteiger partial charge is 0.244 e. The smallest absolute Gasteiger partial charge is 0.207 e. The molecule has 0 N–H and O–H groups in total. The maximum absolute atomic E-state index is 12.7. The van der Waals surface area contributed by atoms with Gasteiger partial charge in [0.15, 0.2) is 0 Å². The first kappa shape index (κ1) is 15.3. The van der Waals surface area contributed by atoms with Gasteiger partial charge in [-0.2, -0.15) is 4.31 Å². The van der Waals surface area contributed by atoms with Gasteiger partial charge >= 0.3 is 0 Å². The Hall–Kier alpha value is -0.100. The van der Waals surface area contributed by atoms with Gasteiger partial charge in [0.1, 0.15) is 4.90 Å².